The lowest BCUT2D eigenvalue weighted by Gasteiger charge is -2.15. The van der Waals surface area contributed by atoms with E-state index in [9.17, 15) is 25.3 Å². The Hall–Kier alpha value is -2.19. The SMILES string of the molecule is CCCNc1ccc(S(N)(=O)=O)cc1NS(=O)(=O)c1cccc(S(=O)(=O)NC)c1. The maximum absolute atomic E-state index is 12.8. The molecule has 5 N–H and O–H groups in total. The molecule has 160 valence electrons. The van der Waals surface area contributed by atoms with Crippen LogP contribution in [0.25, 0.3) is 0 Å². The van der Waals surface area contributed by atoms with E-state index in [0.717, 1.165) is 18.6 Å². The van der Waals surface area contributed by atoms with Crippen LogP contribution in [-0.2, 0) is 30.1 Å². The van der Waals surface area contributed by atoms with Gasteiger partial charge in [-0.15, -0.1) is 0 Å². The second kappa shape index (κ2) is 8.67. The molecule has 0 aliphatic heterocycles. The number of benzene rings is 2. The minimum Gasteiger partial charge on any atom is -0.383 e. The minimum absolute atomic E-state index is 0.0353. The lowest BCUT2D eigenvalue weighted by atomic mass is 10.2. The van der Waals surface area contributed by atoms with Crippen molar-refractivity contribution in [2.75, 3.05) is 23.6 Å². The van der Waals surface area contributed by atoms with Gasteiger partial charge in [0.15, 0.2) is 0 Å². The van der Waals surface area contributed by atoms with E-state index in [1.807, 2.05) is 6.92 Å². The van der Waals surface area contributed by atoms with E-state index in [2.05, 4.69) is 14.8 Å². The van der Waals surface area contributed by atoms with Gasteiger partial charge in [-0.25, -0.2) is 35.1 Å². The number of rotatable bonds is 9. The van der Waals surface area contributed by atoms with Crippen molar-refractivity contribution < 1.29 is 25.3 Å². The highest BCUT2D eigenvalue weighted by atomic mass is 32.2. The summed E-state index contributed by atoms with van der Waals surface area (Å²) in [6, 6.07) is 8.51. The average molecular weight is 463 g/mol. The highest BCUT2D eigenvalue weighted by Gasteiger charge is 2.21. The van der Waals surface area contributed by atoms with Gasteiger partial charge < -0.3 is 5.32 Å². The number of hydrogen-bond acceptors (Lipinski definition) is 7. The van der Waals surface area contributed by atoms with Crippen molar-refractivity contribution in [2.24, 2.45) is 5.14 Å². The maximum atomic E-state index is 12.8. The molecule has 0 amide bonds. The third-order valence-corrected chi connectivity index (χ3v) is 7.51. The quantitative estimate of drug-likeness (QED) is 0.429. The van der Waals surface area contributed by atoms with Crippen molar-refractivity contribution in [2.45, 2.75) is 28.0 Å². The molecule has 0 heterocycles. The first-order valence-electron chi connectivity index (χ1n) is 8.38. The third-order valence-electron chi connectivity index (χ3n) is 3.82. The summed E-state index contributed by atoms with van der Waals surface area (Å²) in [4.78, 5) is -0.814. The van der Waals surface area contributed by atoms with Crippen molar-refractivity contribution in [1.29, 1.82) is 0 Å². The Morgan fingerprint density at radius 2 is 1.45 bits per heavy atom. The summed E-state index contributed by atoms with van der Waals surface area (Å²) in [6.07, 6.45) is 0.743. The maximum Gasteiger partial charge on any atom is 0.262 e. The number of nitrogens with two attached hydrogens (primary N) is 1. The van der Waals surface area contributed by atoms with Gasteiger partial charge in [0.1, 0.15) is 0 Å². The molecule has 0 radical (unpaired) electrons. The van der Waals surface area contributed by atoms with Crippen LogP contribution in [0.1, 0.15) is 13.3 Å². The lowest BCUT2D eigenvalue weighted by Crippen LogP contribution is -2.20. The van der Waals surface area contributed by atoms with Crippen LogP contribution in [0, 0.1) is 0 Å². The first kappa shape index (κ1) is 23.1. The summed E-state index contributed by atoms with van der Waals surface area (Å²) in [7, 11) is -10.9. The summed E-state index contributed by atoms with van der Waals surface area (Å²) in [6.45, 7) is 2.42. The molecule has 2 rings (SSSR count). The fourth-order valence-electron chi connectivity index (χ4n) is 2.33. The highest BCUT2D eigenvalue weighted by molar-refractivity contribution is 7.93. The number of nitrogens with one attached hydrogen (secondary N) is 3. The van der Waals surface area contributed by atoms with Crippen molar-refractivity contribution in [3.8, 4) is 0 Å². The molecule has 0 aliphatic carbocycles. The lowest BCUT2D eigenvalue weighted by molar-refractivity contribution is 0.587. The molecule has 0 unspecified atom stereocenters. The molecule has 2 aromatic carbocycles. The topological polar surface area (TPSA) is 165 Å². The van der Waals surface area contributed by atoms with E-state index in [-0.39, 0.29) is 20.4 Å². The molecule has 29 heavy (non-hydrogen) atoms. The Morgan fingerprint density at radius 1 is 0.828 bits per heavy atom. The smallest absolute Gasteiger partial charge is 0.262 e. The number of primary sulfonamides is 1. The van der Waals surface area contributed by atoms with Crippen molar-refractivity contribution in [3.63, 3.8) is 0 Å². The molecule has 0 bridgehead atoms. The summed E-state index contributed by atoms with van der Waals surface area (Å²) < 4.78 is 77.2. The van der Waals surface area contributed by atoms with Gasteiger partial charge in [-0.2, -0.15) is 0 Å². The summed E-state index contributed by atoms with van der Waals surface area (Å²) in [5, 5.41) is 8.13. The molecule has 0 saturated carbocycles. The molecule has 0 atom stereocenters. The summed E-state index contributed by atoms with van der Waals surface area (Å²) in [5.74, 6) is 0. The molecule has 0 fully saturated rings. The van der Waals surface area contributed by atoms with Crippen LogP contribution in [0.3, 0.4) is 0 Å². The van der Waals surface area contributed by atoms with Crippen molar-refractivity contribution >= 4 is 41.4 Å². The summed E-state index contributed by atoms with van der Waals surface area (Å²) >= 11 is 0. The fourth-order valence-corrected chi connectivity index (χ4v) is 4.83. The molecular weight excluding hydrogens is 440 g/mol. The molecular formula is C16H22N4O6S3. The summed E-state index contributed by atoms with van der Waals surface area (Å²) in [5.41, 5.74) is 0.314. The van der Waals surface area contributed by atoms with E-state index in [0.29, 0.717) is 12.2 Å². The second-order valence-electron chi connectivity index (χ2n) is 5.97. The largest absolute Gasteiger partial charge is 0.383 e. The molecule has 0 aromatic heterocycles. The van der Waals surface area contributed by atoms with Crippen molar-refractivity contribution in [3.05, 3.63) is 42.5 Å². The van der Waals surface area contributed by atoms with E-state index in [4.69, 9.17) is 5.14 Å². The highest BCUT2D eigenvalue weighted by Crippen LogP contribution is 2.28. The van der Waals surface area contributed by atoms with Crippen LogP contribution < -0.4 is 19.9 Å². The van der Waals surface area contributed by atoms with E-state index in [1.165, 1.54) is 37.4 Å². The normalized spacial score (nSPS) is 12.5. The zero-order valence-electron chi connectivity index (χ0n) is 15.7. The zero-order valence-corrected chi connectivity index (χ0v) is 18.2. The van der Waals surface area contributed by atoms with E-state index >= 15 is 0 Å². The molecule has 0 aliphatic rings. The number of hydrogen-bond donors (Lipinski definition) is 4. The van der Waals surface area contributed by atoms with Crippen LogP contribution in [0.4, 0.5) is 11.4 Å². The zero-order chi connectivity index (χ0) is 21.9. The van der Waals surface area contributed by atoms with Gasteiger partial charge in [0, 0.05) is 6.54 Å². The predicted octanol–water partition coefficient (Wildman–Crippen LogP) is 0.865. The Morgan fingerprint density at radius 3 is 2.00 bits per heavy atom. The Balaban J connectivity index is 2.52. The van der Waals surface area contributed by atoms with Crippen LogP contribution in [-0.4, -0.2) is 38.8 Å². The van der Waals surface area contributed by atoms with Gasteiger partial charge in [-0.3, -0.25) is 4.72 Å². The molecule has 10 nitrogen and oxygen atoms in total. The standard InChI is InChI=1S/C16H22N4O6S3/c1-3-9-19-15-8-7-12(27(17,21)22)11-16(15)20-29(25,26)14-6-4-5-13(10-14)28(23,24)18-2/h4-8,10-11,18-20H,3,9H2,1-2H3,(H2,17,21,22). The van der Waals surface area contributed by atoms with Gasteiger partial charge in [0.2, 0.25) is 20.0 Å². The van der Waals surface area contributed by atoms with E-state index in [1.54, 1.807) is 0 Å². The fraction of sp³-hybridized carbons (Fsp3) is 0.250. The number of anilines is 2. The second-order valence-corrected chi connectivity index (χ2v) is 11.1. The Kier molecular flexibility index (Phi) is 6.90. The van der Waals surface area contributed by atoms with Gasteiger partial charge in [0.05, 0.1) is 26.1 Å². The third kappa shape index (κ3) is 5.67. The van der Waals surface area contributed by atoms with Gasteiger partial charge in [-0.05, 0) is 49.9 Å². The Bertz CT molecular complexity index is 1210. The van der Waals surface area contributed by atoms with Crippen LogP contribution >= 0.6 is 0 Å². The van der Waals surface area contributed by atoms with Crippen LogP contribution in [0.5, 0.6) is 0 Å². The van der Waals surface area contributed by atoms with Crippen LogP contribution in [0.15, 0.2) is 57.2 Å². The predicted molar refractivity (Wildman–Crippen MR) is 110 cm³/mol. The van der Waals surface area contributed by atoms with Crippen LogP contribution in [0.2, 0.25) is 0 Å². The molecule has 2 aromatic rings. The van der Waals surface area contributed by atoms with Crippen molar-refractivity contribution in [1.82, 2.24) is 4.72 Å². The molecule has 0 spiro atoms. The molecule has 13 heteroatoms. The van der Waals surface area contributed by atoms with Gasteiger partial charge in [0.25, 0.3) is 10.0 Å². The Labute approximate surface area is 170 Å². The van der Waals surface area contributed by atoms with Gasteiger partial charge >= 0.3 is 0 Å². The molecule has 0 saturated heterocycles. The monoisotopic (exact) mass is 462 g/mol. The first-order valence-corrected chi connectivity index (χ1v) is 12.9. The van der Waals surface area contributed by atoms with Gasteiger partial charge in [-0.1, -0.05) is 13.0 Å². The first-order chi connectivity index (χ1) is 13.4. The number of sulfonamides is 3. The van der Waals surface area contributed by atoms with E-state index < -0.39 is 30.1 Å². The minimum atomic E-state index is -4.23. The average Bonchev–Trinajstić information content (AvgIpc) is 2.66.